The molecule has 1 amide bonds. The van der Waals surface area contributed by atoms with Gasteiger partial charge in [-0.2, -0.15) is 0 Å². The van der Waals surface area contributed by atoms with Crippen LogP contribution in [0.5, 0.6) is 0 Å². The van der Waals surface area contributed by atoms with Crippen LogP contribution in [0.2, 0.25) is 0 Å². The van der Waals surface area contributed by atoms with Crippen LogP contribution in [0.3, 0.4) is 0 Å². The van der Waals surface area contributed by atoms with Gasteiger partial charge in [-0.15, -0.1) is 11.3 Å². The molecule has 0 unspecified atom stereocenters. The van der Waals surface area contributed by atoms with Gasteiger partial charge in [0.15, 0.2) is 4.34 Å². The third-order valence-electron chi connectivity index (χ3n) is 2.84. The molecule has 0 fully saturated rings. The average molecular weight is 327 g/mol. The molecule has 1 aromatic carbocycles. The molecule has 22 heavy (non-hydrogen) atoms. The van der Waals surface area contributed by atoms with Gasteiger partial charge in [-0.25, -0.2) is 4.98 Å². The summed E-state index contributed by atoms with van der Waals surface area (Å²) in [4.78, 5) is 20.4. The number of amides is 1. The normalized spacial score (nSPS) is 10.4. The number of thioether (sulfide) groups is 1. The first-order valence-corrected chi connectivity index (χ1v) is 8.51. The third-order valence-corrected chi connectivity index (χ3v) is 4.86. The number of rotatable bonds is 5. The van der Waals surface area contributed by atoms with Crippen molar-refractivity contribution in [3.63, 3.8) is 0 Å². The Labute approximate surface area is 136 Å². The summed E-state index contributed by atoms with van der Waals surface area (Å²) < 4.78 is 0.892. The van der Waals surface area contributed by atoms with E-state index in [1.807, 2.05) is 35.7 Å². The smallest absolute Gasteiger partial charge is 0.234 e. The first-order chi connectivity index (χ1) is 10.8. The highest BCUT2D eigenvalue weighted by molar-refractivity contribution is 8.01. The number of benzene rings is 1. The van der Waals surface area contributed by atoms with Crippen LogP contribution in [0.15, 0.2) is 64.6 Å². The van der Waals surface area contributed by atoms with E-state index in [0.29, 0.717) is 5.75 Å². The van der Waals surface area contributed by atoms with Crippen LogP contribution in [-0.4, -0.2) is 21.6 Å². The zero-order valence-electron chi connectivity index (χ0n) is 11.6. The van der Waals surface area contributed by atoms with Gasteiger partial charge in [-0.1, -0.05) is 42.1 Å². The maximum Gasteiger partial charge on any atom is 0.234 e. The Balaban J connectivity index is 1.56. The lowest BCUT2D eigenvalue weighted by atomic mass is 10.2. The summed E-state index contributed by atoms with van der Waals surface area (Å²) in [5.41, 5.74) is 2.79. The Morgan fingerprint density at radius 2 is 1.91 bits per heavy atom. The molecule has 0 aliphatic heterocycles. The van der Waals surface area contributed by atoms with E-state index in [4.69, 9.17) is 0 Å². The number of thiazole rings is 1. The van der Waals surface area contributed by atoms with Gasteiger partial charge in [0.1, 0.15) is 0 Å². The quantitative estimate of drug-likeness (QED) is 0.721. The molecule has 0 saturated heterocycles. The summed E-state index contributed by atoms with van der Waals surface area (Å²) in [6, 6.07) is 13.5. The van der Waals surface area contributed by atoms with Crippen LogP contribution in [0.4, 0.5) is 5.69 Å². The molecule has 4 nitrogen and oxygen atoms in total. The molecule has 3 rings (SSSR count). The number of carbonyl (C=O) groups excluding carboxylic acids is 1. The summed E-state index contributed by atoms with van der Waals surface area (Å²) in [7, 11) is 0. The molecular weight excluding hydrogens is 314 g/mol. The lowest BCUT2D eigenvalue weighted by Gasteiger charge is -2.03. The molecule has 0 spiro atoms. The summed E-state index contributed by atoms with van der Waals surface area (Å²) in [5, 5.41) is 4.84. The van der Waals surface area contributed by atoms with Gasteiger partial charge in [-0.3, -0.25) is 9.78 Å². The van der Waals surface area contributed by atoms with Crippen LogP contribution >= 0.6 is 23.1 Å². The highest BCUT2D eigenvalue weighted by atomic mass is 32.2. The maximum atomic E-state index is 11.9. The van der Waals surface area contributed by atoms with E-state index < -0.39 is 0 Å². The molecule has 0 bridgehead atoms. The van der Waals surface area contributed by atoms with Crippen molar-refractivity contribution in [2.75, 3.05) is 11.1 Å². The van der Waals surface area contributed by atoms with E-state index >= 15 is 0 Å². The molecule has 0 aliphatic rings. The monoisotopic (exact) mass is 327 g/mol. The fourth-order valence-electron chi connectivity index (χ4n) is 1.82. The van der Waals surface area contributed by atoms with Crippen LogP contribution in [0.1, 0.15) is 0 Å². The SMILES string of the molecule is O=C(CSc1nc(-c2ccccc2)cs1)Nc1ccncc1. The summed E-state index contributed by atoms with van der Waals surface area (Å²) in [6.07, 6.45) is 3.30. The highest BCUT2D eigenvalue weighted by Gasteiger charge is 2.08. The Morgan fingerprint density at radius 3 is 2.68 bits per heavy atom. The zero-order chi connectivity index (χ0) is 15.2. The molecule has 0 aliphatic carbocycles. The highest BCUT2D eigenvalue weighted by Crippen LogP contribution is 2.28. The predicted octanol–water partition coefficient (Wildman–Crippen LogP) is 3.94. The fraction of sp³-hybridized carbons (Fsp3) is 0.0625. The van der Waals surface area contributed by atoms with Gasteiger partial charge >= 0.3 is 0 Å². The Kier molecular flexibility index (Phi) is 4.82. The Bertz CT molecular complexity index is 744. The number of pyridine rings is 1. The largest absolute Gasteiger partial charge is 0.325 e. The van der Waals surface area contributed by atoms with Gasteiger partial charge in [-0.05, 0) is 12.1 Å². The van der Waals surface area contributed by atoms with E-state index in [2.05, 4.69) is 15.3 Å². The topological polar surface area (TPSA) is 54.9 Å². The van der Waals surface area contributed by atoms with Crippen LogP contribution in [-0.2, 0) is 4.79 Å². The standard InChI is InChI=1S/C16H13N3OS2/c20-15(18-13-6-8-17-9-7-13)11-22-16-19-14(10-21-16)12-4-2-1-3-5-12/h1-10H,11H2,(H,17,18,20). The molecule has 0 radical (unpaired) electrons. The Morgan fingerprint density at radius 1 is 1.14 bits per heavy atom. The number of aromatic nitrogens is 2. The lowest BCUT2D eigenvalue weighted by Crippen LogP contribution is -2.13. The van der Waals surface area contributed by atoms with E-state index in [0.717, 1.165) is 21.3 Å². The first kappa shape index (κ1) is 14.7. The lowest BCUT2D eigenvalue weighted by molar-refractivity contribution is -0.113. The number of carbonyl (C=O) groups is 1. The fourth-order valence-corrected chi connectivity index (χ4v) is 3.46. The van der Waals surface area contributed by atoms with E-state index in [1.54, 1.807) is 35.9 Å². The number of hydrogen-bond acceptors (Lipinski definition) is 5. The minimum atomic E-state index is -0.0485. The van der Waals surface area contributed by atoms with E-state index in [1.165, 1.54) is 11.8 Å². The van der Waals surface area contributed by atoms with E-state index in [9.17, 15) is 4.79 Å². The molecule has 1 N–H and O–H groups in total. The van der Waals surface area contributed by atoms with Crippen molar-refractivity contribution in [3.05, 3.63) is 60.2 Å². The van der Waals surface area contributed by atoms with Gasteiger partial charge < -0.3 is 5.32 Å². The maximum absolute atomic E-state index is 11.9. The van der Waals surface area contributed by atoms with Crippen LogP contribution < -0.4 is 5.32 Å². The number of nitrogens with zero attached hydrogens (tertiary/aromatic N) is 2. The number of nitrogens with one attached hydrogen (secondary N) is 1. The second kappa shape index (κ2) is 7.20. The molecule has 6 heteroatoms. The van der Waals surface area contributed by atoms with Gasteiger partial charge in [0.25, 0.3) is 0 Å². The predicted molar refractivity (Wildman–Crippen MR) is 91.1 cm³/mol. The molecule has 2 heterocycles. The van der Waals surface area contributed by atoms with Gasteiger partial charge in [0.2, 0.25) is 5.91 Å². The zero-order valence-corrected chi connectivity index (χ0v) is 13.2. The average Bonchev–Trinajstić information content (AvgIpc) is 3.04. The van der Waals surface area contributed by atoms with Crippen molar-refractivity contribution in [1.82, 2.24) is 9.97 Å². The van der Waals surface area contributed by atoms with Crippen molar-refractivity contribution in [3.8, 4) is 11.3 Å². The van der Waals surface area contributed by atoms with Crippen molar-refractivity contribution >= 4 is 34.7 Å². The molecular formula is C16H13N3OS2. The van der Waals surface area contributed by atoms with Gasteiger partial charge in [0.05, 0.1) is 11.4 Å². The van der Waals surface area contributed by atoms with Crippen molar-refractivity contribution in [2.45, 2.75) is 4.34 Å². The van der Waals surface area contributed by atoms with Crippen molar-refractivity contribution < 1.29 is 4.79 Å². The molecule has 2 aromatic heterocycles. The minimum Gasteiger partial charge on any atom is -0.325 e. The van der Waals surface area contributed by atoms with Crippen molar-refractivity contribution in [2.24, 2.45) is 0 Å². The first-order valence-electron chi connectivity index (χ1n) is 6.65. The molecule has 3 aromatic rings. The van der Waals surface area contributed by atoms with Crippen LogP contribution in [0, 0.1) is 0 Å². The summed E-state index contributed by atoms with van der Waals surface area (Å²) in [5.74, 6) is 0.289. The molecule has 0 atom stereocenters. The summed E-state index contributed by atoms with van der Waals surface area (Å²) in [6.45, 7) is 0. The summed E-state index contributed by atoms with van der Waals surface area (Å²) >= 11 is 3.00. The van der Waals surface area contributed by atoms with Crippen LogP contribution in [0.25, 0.3) is 11.3 Å². The second-order valence-corrected chi connectivity index (χ2v) is 6.52. The number of hydrogen-bond donors (Lipinski definition) is 1. The third kappa shape index (κ3) is 3.93. The van der Waals surface area contributed by atoms with E-state index in [-0.39, 0.29) is 5.91 Å². The van der Waals surface area contributed by atoms with Gasteiger partial charge in [0, 0.05) is 29.0 Å². The Hall–Kier alpha value is -2.18. The second-order valence-electron chi connectivity index (χ2n) is 4.44. The number of anilines is 1. The minimum absolute atomic E-state index is 0.0485. The molecule has 0 saturated carbocycles. The molecule has 110 valence electrons. The van der Waals surface area contributed by atoms with Crippen molar-refractivity contribution in [1.29, 1.82) is 0 Å².